The molecule has 0 amide bonds. The van der Waals surface area contributed by atoms with Crippen LogP contribution in [-0.2, 0) is 12.0 Å². The van der Waals surface area contributed by atoms with Crippen LogP contribution < -0.4 is 0 Å². The summed E-state index contributed by atoms with van der Waals surface area (Å²) in [5.41, 5.74) is 7.04. The van der Waals surface area contributed by atoms with Gasteiger partial charge in [0.05, 0.1) is 17.5 Å². The summed E-state index contributed by atoms with van der Waals surface area (Å²) in [7, 11) is 2.11. The third kappa shape index (κ3) is 2.43. The molecule has 2 heterocycles. The largest absolute Gasteiger partial charge is 0.392 e. The topological polar surface area (TPSA) is 28.2 Å². The fourth-order valence-electron chi connectivity index (χ4n) is 4.15. The Labute approximate surface area is 154 Å². The maximum Gasteiger partial charge on any atom is 0.209 e. The quantitative estimate of drug-likeness (QED) is 0.689. The number of rotatable bonds is 3. The van der Waals surface area contributed by atoms with E-state index in [1.807, 2.05) is 6.07 Å². The van der Waals surface area contributed by atoms with Crippen LogP contribution in [0.3, 0.4) is 0 Å². The van der Waals surface area contributed by atoms with Crippen LogP contribution in [0, 0.1) is 6.92 Å². The molecular formula is C23H25N2O+. The minimum Gasteiger partial charge on any atom is -0.392 e. The molecule has 0 saturated heterocycles. The van der Waals surface area contributed by atoms with Crippen molar-refractivity contribution in [3.63, 3.8) is 0 Å². The second kappa shape index (κ2) is 5.96. The summed E-state index contributed by atoms with van der Waals surface area (Å²) in [5.74, 6) is 0. The van der Waals surface area contributed by atoms with Gasteiger partial charge in [0.15, 0.2) is 5.71 Å². The van der Waals surface area contributed by atoms with Crippen molar-refractivity contribution in [3.05, 3.63) is 71.4 Å². The molecule has 0 bridgehead atoms. The van der Waals surface area contributed by atoms with E-state index in [2.05, 4.69) is 91.7 Å². The van der Waals surface area contributed by atoms with Crippen molar-refractivity contribution < 1.29 is 9.68 Å². The predicted molar refractivity (Wildman–Crippen MR) is 108 cm³/mol. The molecule has 3 aromatic rings. The maximum absolute atomic E-state index is 9.47. The Balaban J connectivity index is 1.81. The smallest absolute Gasteiger partial charge is 0.209 e. The van der Waals surface area contributed by atoms with Crippen molar-refractivity contribution in [2.24, 2.45) is 0 Å². The second-order valence-electron chi connectivity index (χ2n) is 7.61. The molecule has 0 atom stereocenters. The van der Waals surface area contributed by atoms with Crippen LogP contribution in [0.25, 0.3) is 17.1 Å². The predicted octanol–water partition coefficient (Wildman–Crippen LogP) is 4.62. The van der Waals surface area contributed by atoms with Crippen LogP contribution in [0.1, 0.15) is 30.7 Å². The van der Waals surface area contributed by atoms with E-state index < -0.39 is 0 Å². The number of aliphatic hydroxyl groups excluding tert-OH is 1. The standard InChI is InChI=1S/C23H25N2O/c1-16-13-18-7-5-6-8-20(18)25(16)12-11-22-23(2,3)19-10-9-17(15-26)14-21(19)24(22)4/h5-14,26H,15H2,1-4H3/q+1. The SMILES string of the molecule is Cc1cc2ccccc2n1C=CC1=[N+](C)c2cc(CO)ccc2C1(C)C. The van der Waals surface area contributed by atoms with Gasteiger partial charge in [-0.2, -0.15) is 4.58 Å². The second-order valence-corrected chi connectivity index (χ2v) is 7.61. The lowest BCUT2D eigenvalue weighted by Gasteiger charge is -2.15. The molecule has 0 saturated carbocycles. The maximum atomic E-state index is 9.47. The zero-order valence-corrected chi connectivity index (χ0v) is 15.8. The third-order valence-corrected chi connectivity index (χ3v) is 5.60. The van der Waals surface area contributed by atoms with Crippen LogP contribution in [0.5, 0.6) is 0 Å². The monoisotopic (exact) mass is 345 g/mol. The summed E-state index contributed by atoms with van der Waals surface area (Å²) in [4.78, 5) is 0. The highest BCUT2D eigenvalue weighted by Gasteiger charge is 2.42. The Morgan fingerprint density at radius 1 is 1.12 bits per heavy atom. The van der Waals surface area contributed by atoms with Crippen LogP contribution in [0.15, 0.2) is 54.6 Å². The van der Waals surface area contributed by atoms with Gasteiger partial charge in [0.25, 0.3) is 0 Å². The van der Waals surface area contributed by atoms with Crippen molar-refractivity contribution in [2.75, 3.05) is 7.05 Å². The van der Waals surface area contributed by atoms with Gasteiger partial charge in [-0.3, -0.25) is 0 Å². The molecule has 1 N–H and O–H groups in total. The van der Waals surface area contributed by atoms with Gasteiger partial charge < -0.3 is 9.67 Å². The molecule has 26 heavy (non-hydrogen) atoms. The molecule has 0 unspecified atom stereocenters. The van der Waals surface area contributed by atoms with Crippen LogP contribution in [-0.4, -0.2) is 27.0 Å². The minimum absolute atomic E-state index is 0.0707. The fraction of sp³-hybridized carbons (Fsp3) is 0.261. The summed E-state index contributed by atoms with van der Waals surface area (Å²) < 4.78 is 4.49. The van der Waals surface area contributed by atoms with Gasteiger partial charge in [-0.25, -0.2) is 0 Å². The lowest BCUT2D eigenvalue weighted by molar-refractivity contribution is -0.401. The molecule has 1 aromatic heterocycles. The first-order valence-corrected chi connectivity index (χ1v) is 9.03. The molecule has 0 aliphatic carbocycles. The number of fused-ring (bicyclic) bond motifs is 2. The van der Waals surface area contributed by atoms with Crippen LogP contribution in [0.4, 0.5) is 5.69 Å². The van der Waals surface area contributed by atoms with Crippen LogP contribution >= 0.6 is 0 Å². The summed E-state index contributed by atoms with van der Waals surface area (Å²) in [6.07, 6.45) is 4.39. The van der Waals surface area contributed by atoms with Gasteiger partial charge in [0.2, 0.25) is 5.69 Å². The number of hydrogen-bond donors (Lipinski definition) is 1. The number of benzene rings is 2. The van der Waals surface area contributed by atoms with Gasteiger partial charge in [-0.05, 0) is 38.5 Å². The molecular weight excluding hydrogens is 320 g/mol. The normalized spacial score (nSPS) is 16.0. The Morgan fingerprint density at radius 2 is 1.88 bits per heavy atom. The van der Waals surface area contributed by atoms with Gasteiger partial charge in [0, 0.05) is 35.0 Å². The number of para-hydroxylation sites is 1. The van der Waals surface area contributed by atoms with Gasteiger partial charge in [0.1, 0.15) is 7.05 Å². The molecule has 0 radical (unpaired) electrons. The minimum atomic E-state index is -0.0779. The zero-order valence-electron chi connectivity index (χ0n) is 15.8. The molecule has 132 valence electrons. The lowest BCUT2D eigenvalue weighted by atomic mass is 9.81. The van der Waals surface area contributed by atoms with E-state index in [0.717, 1.165) is 5.56 Å². The Bertz CT molecular complexity index is 1070. The summed E-state index contributed by atoms with van der Waals surface area (Å²) in [6, 6.07) is 16.9. The van der Waals surface area contributed by atoms with Gasteiger partial charge in [-0.15, -0.1) is 0 Å². The molecule has 0 spiro atoms. The van der Waals surface area contributed by atoms with Crippen molar-refractivity contribution >= 4 is 28.5 Å². The molecule has 2 aromatic carbocycles. The average molecular weight is 345 g/mol. The highest BCUT2D eigenvalue weighted by Crippen LogP contribution is 2.40. The molecule has 1 aliphatic rings. The first kappa shape index (κ1) is 16.8. The molecule has 1 aliphatic heterocycles. The molecule has 3 nitrogen and oxygen atoms in total. The van der Waals surface area contributed by atoms with E-state index in [0.29, 0.717) is 0 Å². The van der Waals surface area contributed by atoms with Gasteiger partial charge >= 0.3 is 0 Å². The van der Waals surface area contributed by atoms with Gasteiger partial charge in [-0.1, -0.05) is 30.3 Å². The molecule has 0 fully saturated rings. The number of hydrogen-bond acceptors (Lipinski definition) is 1. The first-order valence-electron chi connectivity index (χ1n) is 9.03. The van der Waals surface area contributed by atoms with E-state index in [1.54, 1.807) is 0 Å². The van der Waals surface area contributed by atoms with Crippen LogP contribution in [0.2, 0.25) is 0 Å². The zero-order chi connectivity index (χ0) is 18.5. The highest BCUT2D eigenvalue weighted by atomic mass is 16.3. The Morgan fingerprint density at radius 3 is 2.65 bits per heavy atom. The Hall–Kier alpha value is -2.65. The number of allylic oxidation sites excluding steroid dienone is 1. The Kier molecular flexibility index (Phi) is 3.85. The van der Waals surface area contributed by atoms with E-state index in [-0.39, 0.29) is 12.0 Å². The van der Waals surface area contributed by atoms with E-state index in [9.17, 15) is 5.11 Å². The third-order valence-electron chi connectivity index (χ3n) is 5.60. The number of nitrogens with zero attached hydrogens (tertiary/aromatic N) is 2. The number of aryl methyl sites for hydroxylation is 1. The summed E-state index contributed by atoms with van der Waals surface area (Å²) in [5, 5.41) is 10.7. The van der Waals surface area contributed by atoms with E-state index in [1.165, 1.54) is 33.6 Å². The molecule has 4 rings (SSSR count). The van der Waals surface area contributed by atoms with Crippen molar-refractivity contribution in [2.45, 2.75) is 32.8 Å². The van der Waals surface area contributed by atoms with Crippen molar-refractivity contribution in [1.82, 2.24) is 4.57 Å². The van der Waals surface area contributed by atoms with Crippen molar-refractivity contribution in [3.8, 4) is 0 Å². The number of aromatic nitrogens is 1. The average Bonchev–Trinajstić information content (AvgIpc) is 3.05. The molecule has 3 heteroatoms. The highest BCUT2D eigenvalue weighted by molar-refractivity contribution is 6.05. The first-order chi connectivity index (χ1) is 12.4. The number of aliphatic hydroxyl groups is 1. The fourth-order valence-corrected chi connectivity index (χ4v) is 4.15. The van der Waals surface area contributed by atoms with E-state index >= 15 is 0 Å². The summed E-state index contributed by atoms with van der Waals surface area (Å²) >= 11 is 0. The van der Waals surface area contributed by atoms with E-state index in [4.69, 9.17) is 0 Å². The lowest BCUT2D eigenvalue weighted by Crippen LogP contribution is -2.26. The summed E-state index contributed by atoms with van der Waals surface area (Å²) in [6.45, 7) is 6.73. The van der Waals surface area contributed by atoms with Crippen molar-refractivity contribution in [1.29, 1.82) is 0 Å².